The molecule has 19 heavy (non-hydrogen) atoms. The minimum atomic E-state index is -0.529. The van der Waals surface area contributed by atoms with Gasteiger partial charge in [-0.3, -0.25) is 4.90 Å². The SMILES string of the molecule is CCC1CCCCN1C(CN)c1cc(F)cc(F)c1. The van der Waals surface area contributed by atoms with Gasteiger partial charge in [0.15, 0.2) is 0 Å². The van der Waals surface area contributed by atoms with Crippen molar-refractivity contribution in [2.24, 2.45) is 5.73 Å². The molecule has 2 nitrogen and oxygen atoms in total. The molecule has 0 bridgehead atoms. The summed E-state index contributed by atoms with van der Waals surface area (Å²) in [6.45, 7) is 3.50. The van der Waals surface area contributed by atoms with Gasteiger partial charge in [-0.15, -0.1) is 0 Å². The summed E-state index contributed by atoms with van der Waals surface area (Å²) in [7, 11) is 0. The standard InChI is InChI=1S/C15H22F2N2/c1-2-14-5-3-4-6-19(14)15(10-18)11-7-12(16)9-13(17)8-11/h7-9,14-15H,2-6,10,18H2,1H3. The number of hydrogen-bond donors (Lipinski definition) is 1. The van der Waals surface area contributed by atoms with Crippen LogP contribution >= 0.6 is 0 Å². The van der Waals surface area contributed by atoms with Crippen molar-refractivity contribution in [3.8, 4) is 0 Å². The highest BCUT2D eigenvalue weighted by Gasteiger charge is 2.28. The highest BCUT2D eigenvalue weighted by atomic mass is 19.1. The molecule has 0 amide bonds. The number of hydrogen-bond acceptors (Lipinski definition) is 2. The number of rotatable bonds is 4. The van der Waals surface area contributed by atoms with Crippen molar-refractivity contribution in [1.82, 2.24) is 4.90 Å². The van der Waals surface area contributed by atoms with E-state index in [0.29, 0.717) is 18.2 Å². The van der Waals surface area contributed by atoms with Crippen LogP contribution in [-0.2, 0) is 0 Å². The molecule has 0 spiro atoms. The van der Waals surface area contributed by atoms with Crippen molar-refractivity contribution in [3.63, 3.8) is 0 Å². The second kappa shape index (κ2) is 6.44. The molecule has 2 unspecified atom stereocenters. The zero-order valence-corrected chi connectivity index (χ0v) is 11.4. The first kappa shape index (κ1) is 14.4. The van der Waals surface area contributed by atoms with Gasteiger partial charge in [0.05, 0.1) is 0 Å². The molecule has 1 saturated heterocycles. The van der Waals surface area contributed by atoms with Crippen LogP contribution in [0.5, 0.6) is 0 Å². The van der Waals surface area contributed by atoms with Crippen molar-refractivity contribution in [3.05, 3.63) is 35.4 Å². The Balaban J connectivity index is 2.27. The van der Waals surface area contributed by atoms with E-state index in [1.165, 1.54) is 18.6 Å². The number of benzene rings is 1. The molecule has 1 aromatic carbocycles. The number of piperidine rings is 1. The minimum Gasteiger partial charge on any atom is -0.329 e. The number of nitrogens with two attached hydrogens (primary N) is 1. The Morgan fingerprint density at radius 3 is 2.53 bits per heavy atom. The molecule has 1 heterocycles. The molecule has 0 radical (unpaired) electrons. The van der Waals surface area contributed by atoms with Crippen LogP contribution in [-0.4, -0.2) is 24.0 Å². The Bertz CT molecular complexity index is 402. The Morgan fingerprint density at radius 2 is 1.95 bits per heavy atom. The van der Waals surface area contributed by atoms with Crippen LogP contribution < -0.4 is 5.73 Å². The van der Waals surface area contributed by atoms with E-state index in [-0.39, 0.29) is 6.04 Å². The monoisotopic (exact) mass is 268 g/mol. The van der Waals surface area contributed by atoms with E-state index in [1.807, 2.05) is 0 Å². The van der Waals surface area contributed by atoms with Gasteiger partial charge in [-0.25, -0.2) is 8.78 Å². The largest absolute Gasteiger partial charge is 0.329 e. The summed E-state index contributed by atoms with van der Waals surface area (Å²) in [5.41, 5.74) is 6.52. The molecular weight excluding hydrogens is 246 g/mol. The highest BCUT2D eigenvalue weighted by molar-refractivity contribution is 5.22. The fourth-order valence-electron chi connectivity index (χ4n) is 3.10. The quantitative estimate of drug-likeness (QED) is 0.908. The zero-order chi connectivity index (χ0) is 13.8. The van der Waals surface area contributed by atoms with Crippen LogP contribution in [0.15, 0.2) is 18.2 Å². The van der Waals surface area contributed by atoms with Crippen molar-refractivity contribution in [2.75, 3.05) is 13.1 Å². The molecule has 0 saturated carbocycles. The first-order valence-corrected chi connectivity index (χ1v) is 7.07. The van der Waals surface area contributed by atoms with Crippen LogP contribution in [0, 0.1) is 11.6 Å². The van der Waals surface area contributed by atoms with Crippen molar-refractivity contribution >= 4 is 0 Å². The second-order valence-electron chi connectivity index (χ2n) is 5.25. The van der Waals surface area contributed by atoms with Crippen LogP contribution in [0.3, 0.4) is 0 Å². The molecule has 0 aromatic heterocycles. The van der Waals surface area contributed by atoms with Gasteiger partial charge in [-0.2, -0.15) is 0 Å². The third kappa shape index (κ3) is 3.31. The first-order chi connectivity index (χ1) is 9.15. The predicted octanol–water partition coefficient (Wildman–Crippen LogP) is 3.23. The molecule has 1 aliphatic heterocycles. The molecule has 2 N–H and O–H groups in total. The zero-order valence-electron chi connectivity index (χ0n) is 11.4. The maximum absolute atomic E-state index is 13.4. The van der Waals surface area contributed by atoms with Crippen molar-refractivity contribution in [1.29, 1.82) is 0 Å². The predicted molar refractivity (Wildman–Crippen MR) is 72.8 cm³/mol. The van der Waals surface area contributed by atoms with Gasteiger partial charge >= 0.3 is 0 Å². The smallest absolute Gasteiger partial charge is 0.126 e. The third-order valence-electron chi connectivity index (χ3n) is 4.04. The van der Waals surface area contributed by atoms with Crippen molar-refractivity contribution < 1.29 is 8.78 Å². The van der Waals surface area contributed by atoms with Gasteiger partial charge in [0.2, 0.25) is 0 Å². The molecular formula is C15H22F2N2. The average molecular weight is 268 g/mol. The van der Waals surface area contributed by atoms with E-state index in [2.05, 4.69) is 11.8 Å². The van der Waals surface area contributed by atoms with Crippen LogP contribution in [0.1, 0.15) is 44.2 Å². The topological polar surface area (TPSA) is 29.3 Å². The average Bonchev–Trinajstić information content (AvgIpc) is 2.39. The van der Waals surface area contributed by atoms with Gasteiger partial charge in [-0.1, -0.05) is 13.3 Å². The second-order valence-corrected chi connectivity index (χ2v) is 5.25. The fourth-order valence-corrected chi connectivity index (χ4v) is 3.10. The van der Waals surface area contributed by atoms with Gasteiger partial charge in [-0.05, 0) is 43.5 Å². The maximum atomic E-state index is 13.4. The summed E-state index contributed by atoms with van der Waals surface area (Å²) >= 11 is 0. The molecule has 1 fully saturated rings. The van der Waals surface area contributed by atoms with Gasteiger partial charge in [0, 0.05) is 24.7 Å². The normalized spacial score (nSPS) is 22.4. The van der Waals surface area contributed by atoms with E-state index >= 15 is 0 Å². The molecule has 1 aromatic rings. The highest BCUT2D eigenvalue weighted by Crippen LogP contribution is 2.30. The van der Waals surface area contributed by atoms with E-state index in [0.717, 1.165) is 31.9 Å². The minimum absolute atomic E-state index is 0.0875. The summed E-state index contributed by atoms with van der Waals surface area (Å²) < 4.78 is 26.7. The Hall–Kier alpha value is -1.00. The van der Waals surface area contributed by atoms with Crippen LogP contribution in [0.4, 0.5) is 8.78 Å². The van der Waals surface area contributed by atoms with Gasteiger partial charge in [0.25, 0.3) is 0 Å². The van der Waals surface area contributed by atoms with Crippen LogP contribution in [0.2, 0.25) is 0 Å². The molecule has 106 valence electrons. The first-order valence-electron chi connectivity index (χ1n) is 7.07. The number of halogens is 2. The third-order valence-corrected chi connectivity index (χ3v) is 4.04. The van der Waals surface area contributed by atoms with E-state index in [9.17, 15) is 8.78 Å². The lowest BCUT2D eigenvalue weighted by atomic mass is 9.95. The van der Waals surface area contributed by atoms with E-state index in [4.69, 9.17) is 5.73 Å². The summed E-state index contributed by atoms with van der Waals surface area (Å²) in [6.07, 6.45) is 4.55. The molecule has 2 rings (SSSR count). The van der Waals surface area contributed by atoms with Gasteiger partial charge in [0.1, 0.15) is 11.6 Å². The summed E-state index contributed by atoms with van der Waals surface area (Å²) in [4.78, 5) is 2.32. The molecule has 4 heteroatoms. The van der Waals surface area contributed by atoms with Gasteiger partial charge < -0.3 is 5.73 Å². The molecule has 1 aliphatic rings. The number of nitrogens with zero attached hydrogens (tertiary/aromatic N) is 1. The fraction of sp³-hybridized carbons (Fsp3) is 0.600. The summed E-state index contributed by atoms with van der Waals surface area (Å²) in [5, 5.41) is 0. The summed E-state index contributed by atoms with van der Waals surface area (Å²) in [5.74, 6) is -1.06. The Kier molecular flexibility index (Phi) is 4.88. The van der Waals surface area contributed by atoms with Crippen LogP contribution in [0.25, 0.3) is 0 Å². The number of likely N-dealkylation sites (tertiary alicyclic amines) is 1. The molecule has 0 aliphatic carbocycles. The summed E-state index contributed by atoms with van der Waals surface area (Å²) in [6, 6.07) is 4.10. The molecule has 2 atom stereocenters. The maximum Gasteiger partial charge on any atom is 0.126 e. The lowest BCUT2D eigenvalue weighted by Gasteiger charge is -2.40. The van der Waals surface area contributed by atoms with E-state index in [1.54, 1.807) is 0 Å². The lowest BCUT2D eigenvalue weighted by Crippen LogP contribution is -2.44. The van der Waals surface area contributed by atoms with Crippen molar-refractivity contribution in [2.45, 2.75) is 44.7 Å². The Labute approximate surface area is 113 Å². The Morgan fingerprint density at radius 1 is 1.26 bits per heavy atom. The van der Waals surface area contributed by atoms with E-state index < -0.39 is 11.6 Å². The lowest BCUT2D eigenvalue weighted by molar-refractivity contribution is 0.0946.